The molecule has 118 valence electrons. The van der Waals surface area contributed by atoms with Crippen LogP contribution < -0.4 is 15.5 Å². The number of nitrogens with one attached hydrogen (secondary N) is 2. The molecule has 0 fully saturated rings. The van der Waals surface area contributed by atoms with E-state index in [2.05, 4.69) is 10.6 Å². The minimum Gasteiger partial charge on any atom is -0.391 e. The first kappa shape index (κ1) is 17.6. The minimum atomic E-state index is -0.538. The Labute approximate surface area is 131 Å². The summed E-state index contributed by atoms with van der Waals surface area (Å²) in [4.78, 5) is 13.7. The predicted octanol–water partition coefficient (Wildman–Crippen LogP) is 2.93. The number of aliphatic hydroxyl groups excluding tert-OH is 1. The maximum Gasteiger partial charge on any atom is 0.319 e. The third-order valence-corrected chi connectivity index (χ3v) is 3.23. The average Bonchev–Trinajstić information content (AvgIpc) is 2.35. The van der Waals surface area contributed by atoms with Gasteiger partial charge in [-0.3, -0.25) is 0 Å². The highest BCUT2D eigenvalue weighted by Crippen LogP contribution is 2.32. The van der Waals surface area contributed by atoms with Gasteiger partial charge < -0.3 is 20.6 Å². The van der Waals surface area contributed by atoms with E-state index in [1.54, 1.807) is 18.2 Å². The fraction of sp³-hybridized carbons (Fsp3) is 0.533. The summed E-state index contributed by atoms with van der Waals surface area (Å²) in [6.45, 7) is 4.28. The molecule has 0 aliphatic carbocycles. The van der Waals surface area contributed by atoms with Gasteiger partial charge in [0, 0.05) is 20.6 Å². The predicted molar refractivity (Wildman–Crippen MR) is 88.3 cm³/mol. The second kappa shape index (κ2) is 8.10. The third-order valence-electron chi connectivity index (χ3n) is 2.92. The van der Waals surface area contributed by atoms with Crippen LogP contribution >= 0.6 is 11.6 Å². The highest BCUT2D eigenvalue weighted by atomic mass is 35.5. The molecular formula is C15H24ClN3O2. The largest absolute Gasteiger partial charge is 0.391 e. The number of rotatable bonds is 6. The fourth-order valence-corrected chi connectivity index (χ4v) is 2.42. The number of hydrogen-bond donors (Lipinski definition) is 3. The van der Waals surface area contributed by atoms with Crippen LogP contribution in [0, 0.1) is 5.92 Å². The van der Waals surface area contributed by atoms with Crippen molar-refractivity contribution >= 4 is 29.0 Å². The lowest BCUT2D eigenvalue weighted by atomic mass is 10.1. The third kappa shape index (κ3) is 5.81. The smallest absolute Gasteiger partial charge is 0.319 e. The lowest BCUT2D eigenvalue weighted by Crippen LogP contribution is -2.36. The van der Waals surface area contributed by atoms with Gasteiger partial charge in [-0.2, -0.15) is 0 Å². The van der Waals surface area contributed by atoms with Gasteiger partial charge in [0.1, 0.15) is 0 Å². The van der Waals surface area contributed by atoms with Crippen molar-refractivity contribution in [3.8, 4) is 0 Å². The van der Waals surface area contributed by atoms with Crippen LogP contribution in [0.25, 0.3) is 0 Å². The Morgan fingerprint density at radius 3 is 2.62 bits per heavy atom. The number of carbonyl (C=O) groups excluding carboxylic acids is 1. The molecule has 0 aliphatic rings. The molecule has 2 amide bonds. The standard InChI is InChI=1S/C15H24ClN3O2/c1-10(2)8-11(20)9-17-15(21)18-13-7-5-6-12(16)14(13)19(3)4/h5-7,10-11,20H,8-9H2,1-4H3,(H2,17,18,21). The summed E-state index contributed by atoms with van der Waals surface area (Å²) in [5, 5.41) is 15.7. The zero-order valence-electron chi connectivity index (χ0n) is 13.0. The van der Waals surface area contributed by atoms with Crippen LogP contribution in [0.15, 0.2) is 18.2 Å². The first-order chi connectivity index (χ1) is 9.81. The lowest BCUT2D eigenvalue weighted by molar-refractivity contribution is 0.148. The van der Waals surface area contributed by atoms with E-state index >= 15 is 0 Å². The molecule has 1 aromatic rings. The number of hydrogen-bond acceptors (Lipinski definition) is 3. The summed E-state index contributed by atoms with van der Waals surface area (Å²) in [6.07, 6.45) is 0.115. The molecule has 1 rings (SSSR count). The number of benzene rings is 1. The van der Waals surface area contributed by atoms with E-state index in [0.29, 0.717) is 23.0 Å². The Bertz CT molecular complexity index is 478. The molecule has 0 saturated heterocycles. The molecule has 1 unspecified atom stereocenters. The number of carbonyl (C=O) groups is 1. The number of aliphatic hydroxyl groups is 1. The Hall–Kier alpha value is -1.46. The Morgan fingerprint density at radius 2 is 2.05 bits per heavy atom. The zero-order valence-corrected chi connectivity index (χ0v) is 13.7. The fourth-order valence-electron chi connectivity index (χ4n) is 2.08. The molecule has 3 N–H and O–H groups in total. The monoisotopic (exact) mass is 313 g/mol. The van der Waals surface area contributed by atoms with E-state index < -0.39 is 6.10 Å². The summed E-state index contributed by atoms with van der Waals surface area (Å²) < 4.78 is 0. The zero-order chi connectivity index (χ0) is 16.0. The maximum absolute atomic E-state index is 11.9. The van der Waals surface area contributed by atoms with Crippen molar-refractivity contribution in [1.29, 1.82) is 0 Å². The van der Waals surface area contributed by atoms with E-state index in [1.165, 1.54) is 0 Å². The van der Waals surface area contributed by atoms with Crippen LogP contribution in [-0.2, 0) is 0 Å². The van der Waals surface area contributed by atoms with Gasteiger partial charge in [0.15, 0.2) is 0 Å². The van der Waals surface area contributed by atoms with Crippen molar-refractivity contribution < 1.29 is 9.90 Å². The second-order valence-electron chi connectivity index (χ2n) is 5.65. The molecule has 0 bridgehead atoms. The normalized spacial score (nSPS) is 12.1. The van der Waals surface area contributed by atoms with Crippen molar-refractivity contribution in [1.82, 2.24) is 5.32 Å². The van der Waals surface area contributed by atoms with E-state index in [9.17, 15) is 9.90 Å². The first-order valence-electron chi connectivity index (χ1n) is 7.00. The van der Waals surface area contributed by atoms with Crippen molar-refractivity contribution in [3.63, 3.8) is 0 Å². The van der Waals surface area contributed by atoms with Crippen LogP contribution in [0.2, 0.25) is 5.02 Å². The van der Waals surface area contributed by atoms with E-state index in [0.717, 1.165) is 5.69 Å². The summed E-state index contributed by atoms with van der Waals surface area (Å²) in [7, 11) is 3.72. The van der Waals surface area contributed by atoms with Gasteiger partial charge in [-0.15, -0.1) is 0 Å². The van der Waals surface area contributed by atoms with Gasteiger partial charge in [-0.1, -0.05) is 31.5 Å². The van der Waals surface area contributed by atoms with Gasteiger partial charge in [-0.05, 0) is 24.5 Å². The molecule has 21 heavy (non-hydrogen) atoms. The molecule has 0 aromatic heterocycles. The van der Waals surface area contributed by atoms with Gasteiger partial charge in [0.2, 0.25) is 0 Å². The van der Waals surface area contributed by atoms with E-state index in [-0.39, 0.29) is 12.6 Å². The van der Waals surface area contributed by atoms with Crippen molar-refractivity contribution in [2.45, 2.75) is 26.4 Å². The van der Waals surface area contributed by atoms with E-state index in [4.69, 9.17) is 11.6 Å². The molecule has 0 spiro atoms. The van der Waals surface area contributed by atoms with Crippen molar-refractivity contribution in [3.05, 3.63) is 23.2 Å². The highest BCUT2D eigenvalue weighted by molar-refractivity contribution is 6.34. The van der Waals surface area contributed by atoms with E-state index in [1.807, 2.05) is 32.8 Å². The van der Waals surface area contributed by atoms with Gasteiger partial charge in [-0.25, -0.2) is 4.79 Å². The van der Waals surface area contributed by atoms with Crippen LogP contribution in [-0.4, -0.2) is 37.9 Å². The number of nitrogens with zero attached hydrogens (tertiary/aromatic N) is 1. The number of anilines is 2. The molecule has 0 aliphatic heterocycles. The molecule has 1 atom stereocenters. The number of para-hydroxylation sites is 1. The summed E-state index contributed by atoms with van der Waals surface area (Å²) in [6, 6.07) is 4.97. The summed E-state index contributed by atoms with van der Waals surface area (Å²) in [5.41, 5.74) is 1.38. The average molecular weight is 314 g/mol. The molecular weight excluding hydrogens is 290 g/mol. The Balaban J connectivity index is 2.61. The maximum atomic E-state index is 11.9. The molecule has 0 heterocycles. The number of amides is 2. The number of halogens is 1. The van der Waals surface area contributed by atoms with Crippen LogP contribution in [0.5, 0.6) is 0 Å². The molecule has 6 heteroatoms. The van der Waals surface area contributed by atoms with Gasteiger partial charge in [0.05, 0.1) is 22.5 Å². The first-order valence-corrected chi connectivity index (χ1v) is 7.37. The van der Waals surface area contributed by atoms with Gasteiger partial charge >= 0.3 is 6.03 Å². The topological polar surface area (TPSA) is 64.6 Å². The molecule has 5 nitrogen and oxygen atoms in total. The quantitative estimate of drug-likeness (QED) is 0.756. The highest BCUT2D eigenvalue weighted by Gasteiger charge is 2.13. The van der Waals surface area contributed by atoms with Crippen molar-refractivity contribution in [2.75, 3.05) is 30.9 Å². The van der Waals surface area contributed by atoms with Gasteiger partial charge in [0.25, 0.3) is 0 Å². The summed E-state index contributed by atoms with van der Waals surface area (Å²) >= 11 is 6.14. The Kier molecular flexibility index (Phi) is 6.78. The van der Waals surface area contributed by atoms with Crippen molar-refractivity contribution in [2.24, 2.45) is 5.92 Å². The minimum absolute atomic E-state index is 0.224. The lowest BCUT2D eigenvalue weighted by Gasteiger charge is -2.20. The van der Waals surface area contributed by atoms with Crippen LogP contribution in [0.1, 0.15) is 20.3 Å². The van der Waals surface area contributed by atoms with Crippen LogP contribution in [0.3, 0.4) is 0 Å². The molecule has 0 radical (unpaired) electrons. The molecule has 1 aromatic carbocycles. The SMILES string of the molecule is CC(C)CC(O)CNC(=O)Nc1cccc(Cl)c1N(C)C. The van der Waals surface area contributed by atoms with Crippen LogP contribution in [0.4, 0.5) is 16.2 Å². The number of urea groups is 1. The summed E-state index contributed by atoms with van der Waals surface area (Å²) in [5.74, 6) is 0.387. The second-order valence-corrected chi connectivity index (χ2v) is 6.06. The molecule has 0 saturated carbocycles. The Morgan fingerprint density at radius 1 is 1.38 bits per heavy atom.